The highest BCUT2D eigenvalue weighted by Gasteiger charge is 2.26. The number of carbonyl (C=O) groups is 1. The molecule has 0 aliphatic heterocycles. The molecule has 0 aromatic carbocycles. The molecule has 0 aliphatic carbocycles. The lowest BCUT2D eigenvalue weighted by Crippen LogP contribution is -2.42. The van der Waals surface area contributed by atoms with Crippen LogP contribution < -0.4 is 10.9 Å². The molecule has 0 spiro atoms. The van der Waals surface area contributed by atoms with Crippen LogP contribution in [-0.4, -0.2) is 31.5 Å². The summed E-state index contributed by atoms with van der Waals surface area (Å²) in [5.74, 6) is 0.613. The lowest BCUT2D eigenvalue weighted by molar-refractivity contribution is -0.126. The van der Waals surface area contributed by atoms with E-state index in [4.69, 9.17) is 5.26 Å². The molecule has 1 heterocycles. The summed E-state index contributed by atoms with van der Waals surface area (Å²) < 4.78 is 35.1. The molecule has 2 radical (unpaired) electrons. The summed E-state index contributed by atoms with van der Waals surface area (Å²) >= 11 is 0. The zero-order chi connectivity index (χ0) is 14.0. The average Bonchev–Trinajstić information content (AvgIpc) is 2.29. The fraction of sp³-hybridized carbons (Fsp3) is 0.222. The van der Waals surface area contributed by atoms with Crippen molar-refractivity contribution in [2.24, 2.45) is 0 Å². The number of hydrazine groups is 1. The van der Waals surface area contributed by atoms with Crippen LogP contribution in [0.1, 0.15) is 10.4 Å². The van der Waals surface area contributed by atoms with E-state index >= 15 is 0 Å². The van der Waals surface area contributed by atoms with Crippen molar-refractivity contribution in [2.75, 3.05) is 6.54 Å². The Morgan fingerprint density at radius 2 is 1.94 bits per heavy atom. The number of nitrogens with one attached hydrogen (secondary N) is 2. The van der Waals surface area contributed by atoms with E-state index in [0.29, 0.717) is 0 Å². The number of aromatic nitrogens is 1. The standard InChI is InChI=1S/C8H8F3N3O.CBN/c9-8(10,11)5-13-14-7(15)6-1-3-12-4-2-6;2-1-3/h1-4,13H,5H2,(H,14,15);. The molecule has 2 N–H and O–H groups in total. The first-order valence-electron chi connectivity index (χ1n) is 4.50. The van der Waals surface area contributed by atoms with E-state index in [-0.39, 0.29) is 5.56 Å². The summed E-state index contributed by atoms with van der Waals surface area (Å²) in [6.07, 6.45) is -1.61. The largest absolute Gasteiger partial charge is 0.402 e. The summed E-state index contributed by atoms with van der Waals surface area (Å²) in [6, 6.07) is 2.79. The number of carbonyl (C=O) groups excluding carboxylic acids is 1. The minimum atomic E-state index is -4.36. The Labute approximate surface area is 102 Å². The molecule has 0 fully saturated rings. The first-order chi connectivity index (χ1) is 8.40. The number of halogens is 3. The van der Waals surface area contributed by atoms with E-state index in [1.54, 1.807) is 5.43 Å². The van der Waals surface area contributed by atoms with Gasteiger partial charge in [0.15, 0.2) is 0 Å². The molecule has 1 aromatic heterocycles. The van der Waals surface area contributed by atoms with Gasteiger partial charge < -0.3 is 0 Å². The molecule has 0 atom stereocenters. The van der Waals surface area contributed by atoms with Crippen LogP contribution in [0.25, 0.3) is 0 Å². The number of nitrogens with zero attached hydrogens (tertiary/aromatic N) is 2. The van der Waals surface area contributed by atoms with Crippen LogP contribution in [0.4, 0.5) is 13.2 Å². The van der Waals surface area contributed by atoms with Gasteiger partial charge in [0.2, 0.25) is 7.85 Å². The minimum absolute atomic E-state index is 0.236. The second kappa shape index (κ2) is 8.08. The van der Waals surface area contributed by atoms with E-state index in [2.05, 4.69) is 12.8 Å². The van der Waals surface area contributed by atoms with E-state index in [9.17, 15) is 18.0 Å². The van der Waals surface area contributed by atoms with Crippen molar-refractivity contribution in [1.82, 2.24) is 15.8 Å². The highest BCUT2D eigenvalue weighted by molar-refractivity contribution is 6.20. The quantitative estimate of drug-likeness (QED) is 0.610. The maximum Gasteiger partial charge on any atom is 0.402 e. The average molecular weight is 256 g/mol. The van der Waals surface area contributed by atoms with Gasteiger partial charge in [-0.05, 0) is 18.1 Å². The third-order valence-electron chi connectivity index (χ3n) is 1.43. The smallest absolute Gasteiger partial charge is 0.287 e. The lowest BCUT2D eigenvalue weighted by atomic mass is 10.2. The Balaban J connectivity index is 0.000000873. The van der Waals surface area contributed by atoms with Gasteiger partial charge in [-0.15, -0.1) is 0 Å². The molecule has 0 unspecified atom stereocenters. The Hall–Kier alpha value is -2.08. The molecule has 94 valence electrons. The third kappa shape index (κ3) is 8.12. The van der Waals surface area contributed by atoms with Crippen LogP contribution >= 0.6 is 0 Å². The van der Waals surface area contributed by atoms with Gasteiger partial charge >= 0.3 is 6.18 Å². The number of alkyl halides is 3. The second-order valence-electron chi connectivity index (χ2n) is 2.79. The zero-order valence-electron chi connectivity index (χ0n) is 9.03. The van der Waals surface area contributed by atoms with Gasteiger partial charge in [0.05, 0.1) is 0 Å². The van der Waals surface area contributed by atoms with Crippen LogP contribution in [0.2, 0.25) is 0 Å². The summed E-state index contributed by atoms with van der Waals surface area (Å²) in [5.41, 5.74) is 3.93. The summed E-state index contributed by atoms with van der Waals surface area (Å²) in [5, 5.41) is 7.10. The molecule has 0 saturated heterocycles. The van der Waals surface area contributed by atoms with Gasteiger partial charge in [-0.25, -0.2) is 10.7 Å². The SMILES string of the molecule is O=C(NNCC(F)(F)F)c1ccncc1.[B]C#N. The second-order valence-corrected chi connectivity index (χ2v) is 2.79. The van der Waals surface area contributed by atoms with Crippen LogP contribution in [0, 0.1) is 11.2 Å². The van der Waals surface area contributed by atoms with Crippen molar-refractivity contribution in [1.29, 1.82) is 5.26 Å². The number of hydrogen-bond donors (Lipinski definition) is 2. The molecule has 5 nitrogen and oxygen atoms in total. The third-order valence-corrected chi connectivity index (χ3v) is 1.43. The highest BCUT2D eigenvalue weighted by atomic mass is 19.4. The van der Waals surface area contributed by atoms with E-state index in [1.807, 2.05) is 5.43 Å². The molecule has 0 bridgehead atoms. The van der Waals surface area contributed by atoms with Gasteiger partial charge in [-0.3, -0.25) is 15.2 Å². The molecular weight excluding hydrogens is 248 g/mol. The normalized spacial score (nSPS) is 9.67. The van der Waals surface area contributed by atoms with Gasteiger partial charge in [0.1, 0.15) is 6.54 Å². The predicted octanol–water partition coefficient (Wildman–Crippen LogP) is 0.514. The van der Waals surface area contributed by atoms with E-state index in [0.717, 1.165) is 0 Å². The van der Waals surface area contributed by atoms with Crippen molar-refractivity contribution in [3.05, 3.63) is 30.1 Å². The van der Waals surface area contributed by atoms with Crippen LogP contribution in [0.3, 0.4) is 0 Å². The van der Waals surface area contributed by atoms with Crippen molar-refractivity contribution in [2.45, 2.75) is 6.18 Å². The molecule has 1 amide bonds. The molecule has 9 heteroatoms. The van der Waals surface area contributed by atoms with E-state index in [1.165, 1.54) is 30.5 Å². The molecule has 1 rings (SSSR count). The summed E-state index contributed by atoms with van der Waals surface area (Å²) in [6.45, 7) is -1.27. The van der Waals surface area contributed by atoms with Crippen molar-refractivity contribution in [3.8, 4) is 5.97 Å². The maximum atomic E-state index is 11.7. The maximum absolute atomic E-state index is 11.7. The number of pyridine rings is 1. The first kappa shape index (κ1) is 15.9. The van der Waals surface area contributed by atoms with Crippen LogP contribution in [0.5, 0.6) is 0 Å². The first-order valence-corrected chi connectivity index (χ1v) is 4.50. The molecule has 0 aliphatic rings. The summed E-state index contributed by atoms with van der Waals surface area (Å²) in [7, 11) is 4.15. The van der Waals surface area contributed by atoms with Gasteiger partial charge in [-0.1, -0.05) is 0 Å². The molecule has 1 aromatic rings. The topological polar surface area (TPSA) is 77.8 Å². The highest BCUT2D eigenvalue weighted by Crippen LogP contribution is 2.11. The van der Waals surface area contributed by atoms with Gasteiger partial charge in [0.25, 0.3) is 5.91 Å². The summed E-state index contributed by atoms with van der Waals surface area (Å²) in [4.78, 5) is 14.8. The number of nitriles is 1. The number of amides is 1. The van der Waals surface area contributed by atoms with Crippen molar-refractivity contribution < 1.29 is 18.0 Å². The Morgan fingerprint density at radius 3 is 2.39 bits per heavy atom. The molecule has 0 saturated carbocycles. The molecule has 18 heavy (non-hydrogen) atoms. The zero-order valence-corrected chi connectivity index (χ0v) is 9.03. The molecular formula is C9H8BF3N4O. The Bertz CT molecular complexity index is 405. The van der Waals surface area contributed by atoms with E-state index < -0.39 is 18.6 Å². The Morgan fingerprint density at radius 1 is 1.44 bits per heavy atom. The number of rotatable bonds is 3. The minimum Gasteiger partial charge on any atom is -0.287 e. The Kier molecular flexibility index (Phi) is 7.15. The lowest BCUT2D eigenvalue weighted by Gasteiger charge is -2.09. The number of hydrogen-bond acceptors (Lipinski definition) is 4. The fourth-order valence-corrected chi connectivity index (χ4v) is 0.800. The predicted molar refractivity (Wildman–Crippen MR) is 57.1 cm³/mol. The van der Waals surface area contributed by atoms with Crippen molar-refractivity contribution >= 4 is 13.8 Å². The fourth-order valence-electron chi connectivity index (χ4n) is 0.800. The van der Waals surface area contributed by atoms with Crippen LogP contribution in [0.15, 0.2) is 24.5 Å². The monoisotopic (exact) mass is 256 g/mol. The van der Waals surface area contributed by atoms with Gasteiger partial charge in [-0.2, -0.15) is 13.2 Å². The van der Waals surface area contributed by atoms with Gasteiger partial charge in [0, 0.05) is 18.0 Å². The van der Waals surface area contributed by atoms with Crippen molar-refractivity contribution in [3.63, 3.8) is 0 Å². The van der Waals surface area contributed by atoms with Crippen LogP contribution in [-0.2, 0) is 0 Å².